The van der Waals surface area contributed by atoms with Gasteiger partial charge in [0.15, 0.2) is 0 Å². The van der Waals surface area contributed by atoms with Crippen LogP contribution in [0.2, 0.25) is 0 Å². The van der Waals surface area contributed by atoms with Gasteiger partial charge in [0.05, 0.1) is 12.0 Å². The van der Waals surface area contributed by atoms with Crippen molar-refractivity contribution in [3.63, 3.8) is 0 Å². The third kappa shape index (κ3) is 5.15. The molecule has 2 aliphatic heterocycles. The Kier molecular flexibility index (Phi) is 5.76. The second-order valence-corrected chi connectivity index (χ2v) is 8.23. The van der Waals surface area contributed by atoms with Gasteiger partial charge in [-0.15, -0.1) is 0 Å². The smallest absolute Gasteiger partial charge is 0.410 e. The molecule has 0 atom stereocenters. The first-order valence-corrected chi connectivity index (χ1v) is 9.45. The van der Waals surface area contributed by atoms with Gasteiger partial charge in [0, 0.05) is 26.2 Å². The zero-order chi connectivity index (χ0) is 20.3. The Bertz CT molecular complexity index is 719. The molecule has 2 heterocycles. The highest BCUT2D eigenvalue weighted by molar-refractivity contribution is 5.83. The van der Waals surface area contributed by atoms with Crippen molar-refractivity contribution in [1.29, 1.82) is 0 Å². The predicted octanol–water partition coefficient (Wildman–Crippen LogP) is 1.99. The minimum atomic E-state index is -0.544. The molecule has 1 aromatic carbocycles. The molecule has 8 nitrogen and oxygen atoms in total. The van der Waals surface area contributed by atoms with Crippen LogP contribution >= 0.6 is 0 Å². The topological polar surface area (TPSA) is 88.2 Å². The lowest BCUT2D eigenvalue weighted by atomic mass is 9.96. The van der Waals surface area contributed by atoms with Crippen LogP contribution in [0.5, 0.6) is 0 Å². The van der Waals surface area contributed by atoms with Crippen LogP contribution in [-0.4, -0.2) is 65.7 Å². The maximum absolute atomic E-state index is 12.4. The number of carbonyl (C=O) groups is 3. The molecule has 0 radical (unpaired) electrons. The van der Waals surface area contributed by atoms with E-state index in [0.29, 0.717) is 26.2 Å². The molecule has 1 aromatic rings. The number of benzene rings is 1. The van der Waals surface area contributed by atoms with Gasteiger partial charge in [-0.2, -0.15) is 0 Å². The fraction of sp³-hybridized carbons (Fsp3) is 0.550. The van der Waals surface area contributed by atoms with Gasteiger partial charge >= 0.3 is 12.2 Å². The number of ether oxygens (including phenoxy) is 2. The van der Waals surface area contributed by atoms with E-state index in [9.17, 15) is 14.4 Å². The SMILES string of the molecule is CC(C)(C)OC(=O)N1CC(C(=O)N2CC(NC(=O)OCc3ccccc3)C2)C1. The van der Waals surface area contributed by atoms with Gasteiger partial charge in [0.1, 0.15) is 12.2 Å². The fourth-order valence-corrected chi connectivity index (χ4v) is 3.05. The minimum absolute atomic E-state index is 0.00973. The normalized spacial score (nSPS) is 17.4. The van der Waals surface area contributed by atoms with Gasteiger partial charge in [0.25, 0.3) is 0 Å². The molecule has 0 unspecified atom stereocenters. The van der Waals surface area contributed by atoms with Gasteiger partial charge in [-0.1, -0.05) is 30.3 Å². The molecule has 0 aliphatic carbocycles. The highest BCUT2D eigenvalue weighted by Crippen LogP contribution is 2.23. The van der Waals surface area contributed by atoms with Crippen molar-refractivity contribution in [2.24, 2.45) is 5.92 Å². The summed E-state index contributed by atoms with van der Waals surface area (Å²) in [6.07, 6.45) is -0.874. The van der Waals surface area contributed by atoms with E-state index in [1.807, 2.05) is 51.1 Å². The lowest BCUT2D eigenvalue weighted by Gasteiger charge is -2.45. The molecule has 3 amide bonds. The van der Waals surface area contributed by atoms with Crippen molar-refractivity contribution in [3.8, 4) is 0 Å². The maximum atomic E-state index is 12.4. The number of amides is 3. The molecular formula is C20H27N3O5. The fourth-order valence-electron chi connectivity index (χ4n) is 3.05. The highest BCUT2D eigenvalue weighted by atomic mass is 16.6. The molecular weight excluding hydrogens is 362 g/mol. The third-order valence-corrected chi connectivity index (χ3v) is 4.61. The largest absolute Gasteiger partial charge is 0.445 e. The van der Waals surface area contributed by atoms with Gasteiger partial charge < -0.3 is 24.6 Å². The van der Waals surface area contributed by atoms with Crippen LogP contribution in [0, 0.1) is 5.92 Å². The number of hydrogen-bond acceptors (Lipinski definition) is 5. The van der Waals surface area contributed by atoms with Crippen LogP contribution in [0.15, 0.2) is 30.3 Å². The Morgan fingerprint density at radius 2 is 1.68 bits per heavy atom. The number of hydrogen-bond donors (Lipinski definition) is 1. The van der Waals surface area contributed by atoms with Crippen molar-refractivity contribution in [2.75, 3.05) is 26.2 Å². The van der Waals surface area contributed by atoms with Crippen LogP contribution in [0.25, 0.3) is 0 Å². The van der Waals surface area contributed by atoms with E-state index in [0.717, 1.165) is 5.56 Å². The minimum Gasteiger partial charge on any atom is -0.445 e. The summed E-state index contributed by atoms with van der Waals surface area (Å²) in [5.74, 6) is -0.186. The third-order valence-electron chi connectivity index (χ3n) is 4.61. The average Bonchev–Trinajstić information content (AvgIpc) is 2.53. The second-order valence-electron chi connectivity index (χ2n) is 8.23. The van der Waals surface area contributed by atoms with Crippen LogP contribution in [-0.2, 0) is 20.9 Å². The van der Waals surface area contributed by atoms with Crippen LogP contribution in [0.4, 0.5) is 9.59 Å². The summed E-state index contributed by atoms with van der Waals surface area (Å²) in [6, 6.07) is 9.34. The molecule has 0 bridgehead atoms. The molecule has 1 N–H and O–H groups in total. The molecule has 0 spiro atoms. The molecule has 0 aromatic heterocycles. The Balaban J connectivity index is 1.31. The summed E-state index contributed by atoms with van der Waals surface area (Å²) in [6.45, 7) is 7.32. The van der Waals surface area contributed by atoms with Crippen molar-refractivity contribution >= 4 is 18.1 Å². The molecule has 152 valence electrons. The first kappa shape index (κ1) is 20.0. The zero-order valence-corrected chi connectivity index (χ0v) is 16.5. The van der Waals surface area contributed by atoms with Crippen LogP contribution in [0.1, 0.15) is 26.3 Å². The van der Waals surface area contributed by atoms with E-state index in [1.165, 1.54) is 4.90 Å². The Labute approximate surface area is 164 Å². The van der Waals surface area contributed by atoms with Crippen molar-refractivity contribution in [3.05, 3.63) is 35.9 Å². The summed E-state index contributed by atoms with van der Waals surface area (Å²) in [4.78, 5) is 39.4. The maximum Gasteiger partial charge on any atom is 0.410 e. The first-order valence-electron chi connectivity index (χ1n) is 9.45. The van der Waals surface area contributed by atoms with Gasteiger partial charge in [-0.25, -0.2) is 9.59 Å². The number of alkyl carbamates (subject to hydrolysis) is 1. The van der Waals surface area contributed by atoms with Gasteiger partial charge in [-0.3, -0.25) is 4.79 Å². The Morgan fingerprint density at radius 1 is 1.04 bits per heavy atom. The Morgan fingerprint density at radius 3 is 2.29 bits per heavy atom. The lowest BCUT2D eigenvalue weighted by Crippen LogP contribution is -2.65. The summed E-state index contributed by atoms with van der Waals surface area (Å²) in [5, 5.41) is 2.76. The highest BCUT2D eigenvalue weighted by Gasteiger charge is 2.43. The van der Waals surface area contributed by atoms with Gasteiger partial charge in [-0.05, 0) is 26.3 Å². The van der Waals surface area contributed by atoms with Crippen LogP contribution in [0.3, 0.4) is 0 Å². The predicted molar refractivity (Wildman–Crippen MR) is 101 cm³/mol. The lowest BCUT2D eigenvalue weighted by molar-refractivity contribution is -0.145. The second kappa shape index (κ2) is 8.08. The van der Waals surface area contributed by atoms with Gasteiger partial charge in [0.2, 0.25) is 5.91 Å². The van der Waals surface area contributed by atoms with E-state index in [2.05, 4.69) is 5.32 Å². The number of nitrogens with one attached hydrogen (secondary N) is 1. The molecule has 28 heavy (non-hydrogen) atoms. The van der Waals surface area contributed by atoms with Crippen molar-refractivity contribution < 1.29 is 23.9 Å². The van der Waals surface area contributed by atoms with E-state index in [-0.39, 0.29) is 30.6 Å². The quantitative estimate of drug-likeness (QED) is 0.851. The van der Waals surface area contributed by atoms with Crippen LogP contribution < -0.4 is 5.32 Å². The summed E-state index contributed by atoms with van der Waals surface area (Å²) < 4.78 is 10.5. The van der Waals surface area contributed by atoms with Crippen molar-refractivity contribution in [1.82, 2.24) is 15.1 Å². The van der Waals surface area contributed by atoms with E-state index >= 15 is 0 Å². The number of likely N-dealkylation sites (tertiary alicyclic amines) is 2. The molecule has 2 fully saturated rings. The first-order chi connectivity index (χ1) is 13.2. The zero-order valence-electron chi connectivity index (χ0n) is 16.5. The molecule has 2 aliphatic rings. The number of rotatable bonds is 4. The van der Waals surface area contributed by atoms with Crippen molar-refractivity contribution in [2.45, 2.75) is 39.0 Å². The van der Waals surface area contributed by atoms with E-state index in [4.69, 9.17) is 9.47 Å². The number of nitrogens with zero attached hydrogens (tertiary/aromatic N) is 2. The van der Waals surface area contributed by atoms with E-state index < -0.39 is 11.7 Å². The summed E-state index contributed by atoms with van der Waals surface area (Å²) in [5.41, 5.74) is 0.375. The monoisotopic (exact) mass is 389 g/mol. The number of carbonyl (C=O) groups excluding carboxylic acids is 3. The molecule has 8 heteroatoms. The molecule has 0 saturated carbocycles. The van der Waals surface area contributed by atoms with E-state index in [1.54, 1.807) is 4.90 Å². The Hall–Kier alpha value is -2.77. The standard InChI is InChI=1S/C20H27N3O5/c1-20(2,3)28-19(26)23-9-15(10-23)17(24)22-11-16(12-22)21-18(25)27-13-14-7-5-4-6-8-14/h4-8,15-16H,9-13H2,1-3H3,(H,21,25). The summed E-state index contributed by atoms with van der Waals surface area (Å²) in [7, 11) is 0. The molecule has 3 rings (SSSR count). The average molecular weight is 389 g/mol. The summed E-state index contributed by atoms with van der Waals surface area (Å²) >= 11 is 0. The molecule has 2 saturated heterocycles.